The molecule has 1 fully saturated rings. The minimum absolute atomic E-state index is 0.339. The molecule has 0 radical (unpaired) electrons. The number of urea groups is 1. The van der Waals surface area contributed by atoms with Gasteiger partial charge in [-0.25, -0.2) is 9.59 Å². The normalized spacial score (nSPS) is 18.9. The van der Waals surface area contributed by atoms with Gasteiger partial charge in [-0.1, -0.05) is 0 Å². The molecule has 1 unspecified atom stereocenters. The van der Waals surface area contributed by atoms with Crippen LogP contribution in [-0.2, 0) is 9.53 Å². The van der Waals surface area contributed by atoms with Gasteiger partial charge in [0.05, 0.1) is 19.1 Å². The fourth-order valence-corrected chi connectivity index (χ4v) is 2.67. The Bertz CT molecular complexity index is 314. The maximum absolute atomic E-state index is 11.8. The average molecular weight is 291 g/mol. The predicted octanol–water partition coefficient (Wildman–Crippen LogP) is -0.266. The molecule has 1 aliphatic rings. The molecule has 0 saturated carbocycles. The summed E-state index contributed by atoms with van der Waals surface area (Å²) >= 11 is 1.44. The van der Waals surface area contributed by atoms with E-state index in [1.54, 1.807) is 0 Å². The minimum Gasteiger partial charge on any atom is -0.480 e. The smallest absolute Gasteiger partial charge is 0.327 e. The van der Waals surface area contributed by atoms with Crippen molar-refractivity contribution in [1.82, 2.24) is 15.1 Å². The van der Waals surface area contributed by atoms with E-state index in [1.807, 2.05) is 19.0 Å². The van der Waals surface area contributed by atoms with E-state index in [0.29, 0.717) is 31.4 Å². The minimum atomic E-state index is -0.956. The third kappa shape index (κ3) is 5.66. The third-order valence-corrected chi connectivity index (χ3v) is 3.65. The zero-order valence-corrected chi connectivity index (χ0v) is 12.1. The number of amides is 2. The molecule has 0 spiro atoms. The van der Waals surface area contributed by atoms with Crippen LogP contribution < -0.4 is 5.32 Å². The van der Waals surface area contributed by atoms with Crippen molar-refractivity contribution in [2.75, 3.05) is 52.0 Å². The van der Waals surface area contributed by atoms with Crippen LogP contribution in [0.5, 0.6) is 0 Å². The van der Waals surface area contributed by atoms with E-state index in [0.717, 1.165) is 6.54 Å². The van der Waals surface area contributed by atoms with Crippen LogP contribution in [0, 0.1) is 0 Å². The second-order valence-corrected chi connectivity index (χ2v) is 5.47. The molecule has 0 bridgehead atoms. The van der Waals surface area contributed by atoms with Gasteiger partial charge in [0, 0.05) is 18.8 Å². The van der Waals surface area contributed by atoms with Crippen molar-refractivity contribution in [3.8, 4) is 0 Å². The van der Waals surface area contributed by atoms with Crippen LogP contribution in [0.1, 0.15) is 0 Å². The standard InChI is InChI=1S/C11H21N3O4S/c1-13(2)4-6-18-5-3-12-11(17)14-8-19-7-9(14)10(15)16/h9H,3-8H2,1-2H3,(H,12,17)(H,15,16). The molecule has 1 saturated heterocycles. The first-order valence-corrected chi connectivity index (χ1v) is 7.25. The highest BCUT2D eigenvalue weighted by Gasteiger charge is 2.34. The van der Waals surface area contributed by atoms with Crippen LogP contribution in [0.15, 0.2) is 0 Å². The molecule has 1 atom stereocenters. The largest absolute Gasteiger partial charge is 0.480 e. The van der Waals surface area contributed by atoms with E-state index in [9.17, 15) is 9.59 Å². The first kappa shape index (κ1) is 16.1. The van der Waals surface area contributed by atoms with Crippen LogP contribution in [-0.4, -0.2) is 85.0 Å². The number of rotatable bonds is 7. The summed E-state index contributed by atoms with van der Waals surface area (Å²) in [5.74, 6) is -0.0887. The monoisotopic (exact) mass is 291 g/mol. The van der Waals surface area contributed by atoms with Crippen molar-refractivity contribution >= 4 is 23.8 Å². The van der Waals surface area contributed by atoms with Gasteiger partial charge >= 0.3 is 12.0 Å². The van der Waals surface area contributed by atoms with Gasteiger partial charge in [0.1, 0.15) is 6.04 Å². The molecule has 2 N–H and O–H groups in total. The highest BCUT2D eigenvalue weighted by molar-refractivity contribution is 7.99. The van der Waals surface area contributed by atoms with Crippen molar-refractivity contribution in [2.45, 2.75) is 6.04 Å². The van der Waals surface area contributed by atoms with E-state index < -0.39 is 12.0 Å². The molecule has 0 aliphatic carbocycles. The molecular weight excluding hydrogens is 270 g/mol. The molecule has 0 aromatic rings. The first-order valence-electron chi connectivity index (χ1n) is 6.10. The van der Waals surface area contributed by atoms with Crippen LogP contribution in [0.4, 0.5) is 4.79 Å². The number of nitrogens with zero attached hydrogens (tertiary/aromatic N) is 2. The summed E-state index contributed by atoms with van der Waals surface area (Å²) in [6, 6.07) is -1.06. The first-order chi connectivity index (χ1) is 9.02. The van der Waals surface area contributed by atoms with Crippen LogP contribution >= 0.6 is 11.8 Å². The Hall–Kier alpha value is -0.990. The zero-order valence-electron chi connectivity index (χ0n) is 11.3. The molecule has 19 heavy (non-hydrogen) atoms. The van der Waals surface area contributed by atoms with E-state index >= 15 is 0 Å². The molecule has 110 valence electrons. The molecule has 0 aromatic heterocycles. The Balaban J connectivity index is 2.15. The summed E-state index contributed by atoms with van der Waals surface area (Å²) in [5.41, 5.74) is 0. The second kappa shape index (κ2) is 8.23. The Kier molecular flexibility index (Phi) is 6.96. The topological polar surface area (TPSA) is 82.1 Å². The molecule has 2 amide bonds. The predicted molar refractivity (Wildman–Crippen MR) is 73.4 cm³/mol. The molecule has 7 nitrogen and oxygen atoms in total. The molecule has 1 heterocycles. The van der Waals surface area contributed by atoms with Crippen molar-refractivity contribution in [3.05, 3.63) is 0 Å². The SMILES string of the molecule is CN(C)CCOCCNC(=O)N1CSCC1C(=O)O. The number of nitrogens with one attached hydrogen (secondary N) is 1. The summed E-state index contributed by atoms with van der Waals surface area (Å²) in [6.45, 7) is 2.26. The van der Waals surface area contributed by atoms with E-state index in [-0.39, 0.29) is 6.03 Å². The third-order valence-electron chi connectivity index (χ3n) is 2.63. The number of carboxylic acid groups (broad SMARTS) is 1. The van der Waals surface area contributed by atoms with E-state index in [2.05, 4.69) is 5.32 Å². The molecular formula is C11H21N3O4S. The van der Waals surface area contributed by atoms with Gasteiger partial charge in [-0.2, -0.15) is 0 Å². The maximum atomic E-state index is 11.8. The summed E-state index contributed by atoms with van der Waals surface area (Å²) in [5, 5.41) is 11.6. The van der Waals surface area contributed by atoms with Gasteiger partial charge in [0.2, 0.25) is 0 Å². The lowest BCUT2D eigenvalue weighted by atomic mass is 10.3. The van der Waals surface area contributed by atoms with Crippen LogP contribution in [0.3, 0.4) is 0 Å². The van der Waals surface area contributed by atoms with E-state index in [4.69, 9.17) is 9.84 Å². The van der Waals surface area contributed by atoms with Crippen molar-refractivity contribution < 1.29 is 19.4 Å². The summed E-state index contributed by atoms with van der Waals surface area (Å²) in [7, 11) is 3.92. The van der Waals surface area contributed by atoms with Crippen molar-refractivity contribution in [3.63, 3.8) is 0 Å². The maximum Gasteiger partial charge on any atom is 0.327 e. The lowest BCUT2D eigenvalue weighted by Crippen LogP contribution is -2.47. The number of ether oxygens (including phenoxy) is 1. The van der Waals surface area contributed by atoms with Gasteiger partial charge in [0.15, 0.2) is 0 Å². The van der Waals surface area contributed by atoms with Crippen LogP contribution in [0.2, 0.25) is 0 Å². The number of hydrogen-bond donors (Lipinski definition) is 2. The second-order valence-electron chi connectivity index (χ2n) is 4.47. The lowest BCUT2D eigenvalue weighted by Gasteiger charge is -2.20. The van der Waals surface area contributed by atoms with Gasteiger partial charge in [0.25, 0.3) is 0 Å². The molecule has 0 aromatic carbocycles. The Morgan fingerprint density at radius 2 is 2.21 bits per heavy atom. The number of carboxylic acids is 1. The van der Waals surface area contributed by atoms with Crippen LogP contribution in [0.25, 0.3) is 0 Å². The number of thioether (sulfide) groups is 1. The molecule has 8 heteroatoms. The highest BCUT2D eigenvalue weighted by atomic mass is 32.2. The van der Waals surface area contributed by atoms with Crippen molar-refractivity contribution in [1.29, 1.82) is 0 Å². The molecule has 1 rings (SSSR count). The Morgan fingerprint density at radius 1 is 1.47 bits per heavy atom. The number of aliphatic carboxylic acids is 1. The Morgan fingerprint density at radius 3 is 2.84 bits per heavy atom. The van der Waals surface area contributed by atoms with E-state index in [1.165, 1.54) is 16.7 Å². The summed E-state index contributed by atoms with van der Waals surface area (Å²) in [6.07, 6.45) is 0. The lowest BCUT2D eigenvalue weighted by molar-refractivity contribution is -0.140. The fourth-order valence-electron chi connectivity index (χ4n) is 1.53. The van der Waals surface area contributed by atoms with Gasteiger partial charge in [-0.15, -0.1) is 11.8 Å². The van der Waals surface area contributed by atoms with Gasteiger partial charge in [-0.05, 0) is 14.1 Å². The van der Waals surface area contributed by atoms with Gasteiger partial charge < -0.3 is 25.0 Å². The fraction of sp³-hybridized carbons (Fsp3) is 0.818. The number of carbonyl (C=O) groups is 2. The quantitative estimate of drug-likeness (QED) is 0.629. The van der Waals surface area contributed by atoms with Crippen molar-refractivity contribution in [2.24, 2.45) is 0 Å². The average Bonchev–Trinajstić information content (AvgIpc) is 2.82. The number of likely N-dealkylation sites (N-methyl/N-ethyl adjacent to an activating group) is 1. The number of carbonyl (C=O) groups excluding carboxylic acids is 1. The Labute approximate surface area is 117 Å². The number of hydrogen-bond acceptors (Lipinski definition) is 5. The summed E-state index contributed by atoms with van der Waals surface area (Å²) in [4.78, 5) is 26.1. The van der Waals surface area contributed by atoms with Gasteiger partial charge in [-0.3, -0.25) is 0 Å². The highest BCUT2D eigenvalue weighted by Crippen LogP contribution is 2.20. The molecule has 1 aliphatic heterocycles. The zero-order chi connectivity index (χ0) is 14.3. The summed E-state index contributed by atoms with van der Waals surface area (Å²) < 4.78 is 5.34.